The van der Waals surface area contributed by atoms with Gasteiger partial charge in [0.15, 0.2) is 0 Å². The molecule has 5 heteroatoms. The second kappa shape index (κ2) is 5.59. The number of rotatable bonds is 6. The summed E-state index contributed by atoms with van der Waals surface area (Å²) < 4.78 is 0. The SMILES string of the molecule is CCC(CC)(NC(=O)N(C)CC1CC1C)C(=O)O. The fourth-order valence-electron chi connectivity index (χ4n) is 2.17. The number of amides is 2. The highest BCUT2D eigenvalue weighted by molar-refractivity contribution is 5.86. The van der Waals surface area contributed by atoms with Crippen LogP contribution in [0.15, 0.2) is 0 Å². The van der Waals surface area contributed by atoms with Crippen molar-refractivity contribution in [2.75, 3.05) is 13.6 Å². The molecular weight excluding hydrogens is 232 g/mol. The third kappa shape index (κ3) is 3.15. The van der Waals surface area contributed by atoms with Gasteiger partial charge in [0, 0.05) is 13.6 Å². The van der Waals surface area contributed by atoms with Gasteiger partial charge in [0.05, 0.1) is 0 Å². The van der Waals surface area contributed by atoms with E-state index in [4.69, 9.17) is 0 Å². The van der Waals surface area contributed by atoms with E-state index >= 15 is 0 Å². The summed E-state index contributed by atoms with van der Waals surface area (Å²) in [5, 5.41) is 11.9. The van der Waals surface area contributed by atoms with Crippen LogP contribution in [0, 0.1) is 11.8 Å². The molecule has 0 saturated heterocycles. The smallest absolute Gasteiger partial charge is 0.329 e. The van der Waals surface area contributed by atoms with Crippen molar-refractivity contribution in [1.82, 2.24) is 10.2 Å². The normalized spacial score (nSPS) is 22.4. The van der Waals surface area contributed by atoms with Crippen LogP contribution in [0.1, 0.15) is 40.0 Å². The molecule has 0 heterocycles. The Morgan fingerprint density at radius 2 is 1.89 bits per heavy atom. The van der Waals surface area contributed by atoms with Gasteiger partial charge in [-0.2, -0.15) is 0 Å². The van der Waals surface area contributed by atoms with Crippen LogP contribution in [0.25, 0.3) is 0 Å². The van der Waals surface area contributed by atoms with Gasteiger partial charge in [0.1, 0.15) is 5.54 Å². The van der Waals surface area contributed by atoms with Gasteiger partial charge in [-0.25, -0.2) is 9.59 Å². The number of hydrogen-bond donors (Lipinski definition) is 2. The van der Waals surface area contributed by atoms with Gasteiger partial charge in [-0.3, -0.25) is 0 Å². The lowest BCUT2D eigenvalue weighted by Gasteiger charge is -2.30. The van der Waals surface area contributed by atoms with Gasteiger partial charge in [0.25, 0.3) is 0 Å². The number of carboxylic acid groups (broad SMARTS) is 1. The maximum Gasteiger partial charge on any atom is 0.329 e. The molecule has 0 radical (unpaired) electrons. The first-order chi connectivity index (χ1) is 8.36. The quantitative estimate of drug-likeness (QED) is 0.763. The minimum absolute atomic E-state index is 0.291. The summed E-state index contributed by atoms with van der Waals surface area (Å²) in [5.74, 6) is 0.291. The van der Waals surface area contributed by atoms with Crippen molar-refractivity contribution in [3.05, 3.63) is 0 Å². The molecule has 0 spiro atoms. The maximum atomic E-state index is 12.0. The highest BCUT2D eigenvalue weighted by atomic mass is 16.4. The summed E-state index contributed by atoms with van der Waals surface area (Å²) in [7, 11) is 1.72. The number of aliphatic carboxylic acids is 1. The molecule has 0 bridgehead atoms. The van der Waals surface area contributed by atoms with Crippen molar-refractivity contribution < 1.29 is 14.7 Å². The Balaban J connectivity index is 2.57. The third-order valence-corrected chi connectivity index (χ3v) is 4.09. The van der Waals surface area contributed by atoms with Crippen LogP contribution in [0.2, 0.25) is 0 Å². The second-order valence-electron chi connectivity index (χ2n) is 5.38. The zero-order valence-electron chi connectivity index (χ0n) is 11.7. The lowest BCUT2D eigenvalue weighted by molar-refractivity contribution is -0.144. The van der Waals surface area contributed by atoms with Crippen LogP contribution in [-0.4, -0.2) is 41.1 Å². The number of urea groups is 1. The van der Waals surface area contributed by atoms with Crippen LogP contribution >= 0.6 is 0 Å². The predicted molar refractivity (Wildman–Crippen MR) is 69.4 cm³/mol. The Morgan fingerprint density at radius 1 is 1.39 bits per heavy atom. The number of hydrogen-bond acceptors (Lipinski definition) is 2. The number of carboxylic acids is 1. The minimum Gasteiger partial charge on any atom is -0.480 e. The Hall–Kier alpha value is -1.26. The molecule has 0 aliphatic heterocycles. The number of carbonyl (C=O) groups is 2. The maximum absolute atomic E-state index is 12.0. The fourth-order valence-corrected chi connectivity index (χ4v) is 2.17. The molecule has 2 amide bonds. The first-order valence-corrected chi connectivity index (χ1v) is 6.63. The van der Waals surface area contributed by atoms with E-state index in [1.807, 2.05) is 0 Å². The third-order valence-electron chi connectivity index (χ3n) is 4.09. The van der Waals surface area contributed by atoms with Crippen LogP contribution < -0.4 is 5.32 Å². The summed E-state index contributed by atoms with van der Waals surface area (Å²) in [5.41, 5.74) is -1.14. The van der Waals surface area contributed by atoms with Crippen molar-refractivity contribution in [2.45, 2.75) is 45.6 Å². The molecule has 104 valence electrons. The molecule has 2 unspecified atom stereocenters. The van der Waals surface area contributed by atoms with Crippen molar-refractivity contribution in [3.8, 4) is 0 Å². The number of nitrogens with zero attached hydrogens (tertiary/aromatic N) is 1. The Labute approximate surface area is 109 Å². The highest BCUT2D eigenvalue weighted by Gasteiger charge is 2.39. The number of nitrogens with one attached hydrogen (secondary N) is 1. The molecule has 0 aromatic carbocycles. The average molecular weight is 256 g/mol. The average Bonchev–Trinajstić information content (AvgIpc) is 3.01. The molecule has 0 aromatic heterocycles. The van der Waals surface area contributed by atoms with E-state index in [9.17, 15) is 14.7 Å². The van der Waals surface area contributed by atoms with E-state index in [-0.39, 0.29) is 6.03 Å². The molecule has 0 aromatic rings. The van der Waals surface area contributed by atoms with Crippen molar-refractivity contribution in [1.29, 1.82) is 0 Å². The lowest BCUT2D eigenvalue weighted by Crippen LogP contribution is -2.56. The topological polar surface area (TPSA) is 69.6 Å². The van der Waals surface area contributed by atoms with Gasteiger partial charge < -0.3 is 15.3 Å². The van der Waals surface area contributed by atoms with Crippen molar-refractivity contribution >= 4 is 12.0 Å². The van der Waals surface area contributed by atoms with E-state index in [0.29, 0.717) is 31.2 Å². The van der Waals surface area contributed by atoms with Crippen LogP contribution in [-0.2, 0) is 4.79 Å². The van der Waals surface area contributed by atoms with E-state index in [1.54, 1.807) is 25.8 Å². The first kappa shape index (κ1) is 14.8. The summed E-state index contributed by atoms with van der Waals surface area (Å²) in [4.78, 5) is 24.9. The molecule has 5 nitrogen and oxygen atoms in total. The summed E-state index contributed by atoms with van der Waals surface area (Å²) >= 11 is 0. The van der Waals surface area contributed by atoms with Crippen molar-refractivity contribution in [3.63, 3.8) is 0 Å². The molecule has 1 rings (SSSR count). The fraction of sp³-hybridized carbons (Fsp3) is 0.846. The van der Waals surface area contributed by atoms with Crippen LogP contribution in [0.3, 0.4) is 0 Å². The summed E-state index contributed by atoms with van der Waals surface area (Å²) in [6.45, 7) is 6.42. The Kier molecular flexibility index (Phi) is 4.59. The molecule has 2 N–H and O–H groups in total. The van der Waals surface area contributed by atoms with Crippen molar-refractivity contribution in [2.24, 2.45) is 11.8 Å². The Bertz CT molecular complexity index is 326. The zero-order valence-corrected chi connectivity index (χ0v) is 11.7. The highest BCUT2D eigenvalue weighted by Crippen LogP contribution is 2.37. The summed E-state index contributed by atoms with van der Waals surface area (Å²) in [6.07, 6.45) is 1.93. The standard InChI is InChI=1S/C13H24N2O3/c1-5-13(6-2,11(16)17)14-12(18)15(4)8-10-7-9(10)3/h9-10H,5-8H2,1-4H3,(H,14,18)(H,16,17). The van der Waals surface area contributed by atoms with E-state index in [2.05, 4.69) is 12.2 Å². The molecular formula is C13H24N2O3. The van der Waals surface area contributed by atoms with E-state index in [1.165, 1.54) is 0 Å². The van der Waals surface area contributed by atoms with E-state index in [0.717, 1.165) is 6.42 Å². The molecule has 18 heavy (non-hydrogen) atoms. The predicted octanol–water partition coefficient (Wildman–Crippen LogP) is 1.93. The monoisotopic (exact) mass is 256 g/mol. The van der Waals surface area contributed by atoms with Gasteiger partial charge >= 0.3 is 12.0 Å². The first-order valence-electron chi connectivity index (χ1n) is 6.63. The lowest BCUT2D eigenvalue weighted by atomic mass is 9.93. The zero-order chi connectivity index (χ0) is 13.9. The molecule has 1 aliphatic carbocycles. The second-order valence-corrected chi connectivity index (χ2v) is 5.38. The minimum atomic E-state index is -1.14. The molecule has 2 atom stereocenters. The van der Waals surface area contributed by atoms with Gasteiger partial charge in [-0.15, -0.1) is 0 Å². The molecule has 1 fully saturated rings. The van der Waals surface area contributed by atoms with Gasteiger partial charge in [-0.1, -0.05) is 20.8 Å². The Morgan fingerprint density at radius 3 is 2.22 bits per heavy atom. The number of carbonyl (C=O) groups excluding carboxylic acids is 1. The van der Waals surface area contributed by atoms with Crippen LogP contribution in [0.4, 0.5) is 4.79 Å². The van der Waals surface area contributed by atoms with Gasteiger partial charge in [-0.05, 0) is 31.1 Å². The largest absolute Gasteiger partial charge is 0.480 e. The molecule has 1 aliphatic rings. The van der Waals surface area contributed by atoms with Crippen LogP contribution in [0.5, 0.6) is 0 Å². The molecule has 1 saturated carbocycles. The van der Waals surface area contributed by atoms with Gasteiger partial charge in [0.2, 0.25) is 0 Å². The van der Waals surface area contributed by atoms with E-state index < -0.39 is 11.5 Å². The summed E-state index contributed by atoms with van der Waals surface area (Å²) in [6, 6.07) is -0.291.